The summed E-state index contributed by atoms with van der Waals surface area (Å²) in [5, 5.41) is 0. The largest absolute Gasteiger partial charge is 0.496 e. The van der Waals surface area contributed by atoms with Crippen molar-refractivity contribution in [3.05, 3.63) is 95.5 Å². The monoisotopic (exact) mass is 447 g/mol. The van der Waals surface area contributed by atoms with Gasteiger partial charge in [0.25, 0.3) is 0 Å². The third-order valence-electron chi connectivity index (χ3n) is 5.22. The second-order valence-corrected chi connectivity index (χ2v) is 7.73. The van der Waals surface area contributed by atoms with Gasteiger partial charge in [-0.15, -0.1) is 0 Å². The Hall–Kier alpha value is -3.93. The molecule has 0 atom stereocenters. The lowest BCUT2D eigenvalue weighted by Gasteiger charge is -2.17. The Labute approximate surface area is 193 Å². The Kier molecular flexibility index (Phi) is 7.28. The summed E-state index contributed by atoms with van der Waals surface area (Å²) in [7, 11) is 3.09. The van der Waals surface area contributed by atoms with Crippen LogP contribution in [0.15, 0.2) is 73.0 Å². The average Bonchev–Trinajstić information content (AvgIpc) is 2.79. The minimum Gasteiger partial charge on any atom is -0.496 e. The minimum atomic E-state index is -0.533. The van der Waals surface area contributed by atoms with Gasteiger partial charge in [-0.2, -0.15) is 0 Å². The van der Waals surface area contributed by atoms with Gasteiger partial charge in [0.2, 0.25) is 0 Å². The summed E-state index contributed by atoms with van der Waals surface area (Å²) in [6.45, 7) is 6.64. The molecule has 0 bridgehead atoms. The predicted octanol–water partition coefficient (Wildman–Crippen LogP) is 6.40. The molecule has 1 amide bonds. The van der Waals surface area contributed by atoms with Crippen LogP contribution in [-0.2, 0) is 11.2 Å². The van der Waals surface area contributed by atoms with Gasteiger partial charge in [0.1, 0.15) is 11.6 Å². The summed E-state index contributed by atoms with van der Waals surface area (Å²) in [5.74, 6) is 0.207. The van der Waals surface area contributed by atoms with Crippen molar-refractivity contribution in [1.82, 2.24) is 0 Å². The number of hydrogen-bond acceptors (Lipinski definition) is 4. The molecular formula is C27H26FNO4. The Balaban J connectivity index is 1.90. The van der Waals surface area contributed by atoms with Gasteiger partial charge in [-0.3, -0.25) is 9.69 Å². The number of anilines is 1. The summed E-state index contributed by atoms with van der Waals surface area (Å²) >= 11 is 0. The first-order valence-electron chi connectivity index (χ1n) is 10.4. The van der Waals surface area contributed by atoms with E-state index in [-0.39, 0.29) is 5.78 Å². The highest BCUT2D eigenvalue weighted by molar-refractivity contribution is 5.95. The maximum absolute atomic E-state index is 15.6. The van der Waals surface area contributed by atoms with Crippen LogP contribution in [0.25, 0.3) is 11.1 Å². The summed E-state index contributed by atoms with van der Waals surface area (Å²) in [6.07, 6.45) is -0.191. The topological polar surface area (TPSA) is 55.8 Å². The molecule has 0 saturated heterocycles. The van der Waals surface area contributed by atoms with Gasteiger partial charge in [0.15, 0.2) is 5.78 Å². The number of carbonyl (C=O) groups excluding carboxylic acids is 2. The van der Waals surface area contributed by atoms with Gasteiger partial charge in [-0.05, 0) is 54.8 Å². The van der Waals surface area contributed by atoms with Crippen LogP contribution in [0, 0.1) is 5.82 Å². The number of halogens is 1. The van der Waals surface area contributed by atoms with E-state index >= 15 is 4.39 Å². The van der Waals surface area contributed by atoms with E-state index in [1.165, 1.54) is 18.9 Å². The Morgan fingerprint density at radius 1 is 1.03 bits per heavy atom. The van der Waals surface area contributed by atoms with Gasteiger partial charge in [-0.1, -0.05) is 43.0 Å². The molecule has 0 aliphatic rings. The zero-order chi connectivity index (χ0) is 24.1. The number of hydrogen-bond donors (Lipinski definition) is 0. The van der Waals surface area contributed by atoms with Crippen LogP contribution in [-0.4, -0.2) is 26.0 Å². The molecule has 5 nitrogen and oxygen atoms in total. The van der Waals surface area contributed by atoms with E-state index in [4.69, 9.17) is 9.47 Å². The van der Waals surface area contributed by atoms with Crippen molar-refractivity contribution in [2.24, 2.45) is 0 Å². The SMILES string of the molecule is C=C(C)OC(=O)N(C)c1ccc(Cc2ccc(OC)c(-c3cccc(C(C)=O)c3)c2F)cc1. The quantitative estimate of drug-likeness (QED) is 0.311. The normalized spacial score (nSPS) is 10.5. The lowest BCUT2D eigenvalue weighted by atomic mass is 9.95. The highest BCUT2D eigenvalue weighted by atomic mass is 19.1. The summed E-state index contributed by atoms with van der Waals surface area (Å²) in [6, 6.07) is 17.5. The number of carbonyl (C=O) groups is 2. The van der Waals surface area contributed by atoms with E-state index in [1.54, 1.807) is 62.5 Å². The van der Waals surface area contributed by atoms with Crippen LogP contribution in [0.5, 0.6) is 5.75 Å². The zero-order valence-corrected chi connectivity index (χ0v) is 19.1. The smallest absolute Gasteiger partial charge is 0.419 e. The lowest BCUT2D eigenvalue weighted by Crippen LogP contribution is -2.26. The van der Waals surface area contributed by atoms with Gasteiger partial charge >= 0.3 is 6.09 Å². The van der Waals surface area contributed by atoms with Crippen LogP contribution < -0.4 is 9.64 Å². The number of allylic oxidation sites excluding steroid dienone is 1. The third kappa shape index (κ3) is 5.47. The van der Waals surface area contributed by atoms with E-state index in [2.05, 4.69) is 6.58 Å². The molecule has 170 valence electrons. The van der Waals surface area contributed by atoms with Gasteiger partial charge in [0.05, 0.1) is 18.4 Å². The summed E-state index contributed by atoms with van der Waals surface area (Å²) < 4.78 is 26.0. The number of ketones is 1. The van der Waals surface area contributed by atoms with Gasteiger partial charge in [-0.25, -0.2) is 9.18 Å². The Morgan fingerprint density at radius 3 is 2.33 bits per heavy atom. The zero-order valence-electron chi connectivity index (χ0n) is 19.1. The first-order valence-corrected chi connectivity index (χ1v) is 10.4. The van der Waals surface area contributed by atoms with Crippen molar-refractivity contribution < 1.29 is 23.5 Å². The molecule has 0 saturated carbocycles. The Bertz CT molecular complexity index is 1200. The first-order chi connectivity index (χ1) is 15.7. The lowest BCUT2D eigenvalue weighted by molar-refractivity contribution is 0.101. The molecule has 0 heterocycles. The number of amides is 1. The standard InChI is InChI=1S/C27H26FNO4/c1-17(2)33-27(31)29(4)23-12-9-19(10-13-23)15-22-11-14-24(32-5)25(26(22)28)21-8-6-7-20(16-21)18(3)30/h6-14,16H,1,15H2,2-5H3. The van der Waals surface area contributed by atoms with Crippen LogP contribution in [0.1, 0.15) is 35.3 Å². The Morgan fingerprint density at radius 2 is 1.73 bits per heavy atom. The molecule has 6 heteroatoms. The number of nitrogens with zero attached hydrogens (tertiary/aromatic N) is 1. The molecule has 0 fully saturated rings. The molecule has 3 rings (SSSR count). The van der Waals surface area contributed by atoms with Gasteiger partial charge in [0, 0.05) is 24.7 Å². The molecule has 3 aromatic carbocycles. The molecule has 0 spiro atoms. The molecule has 0 aromatic heterocycles. The van der Waals surface area contributed by atoms with E-state index in [0.29, 0.717) is 45.9 Å². The highest BCUT2D eigenvalue weighted by Gasteiger charge is 2.18. The van der Waals surface area contributed by atoms with Crippen LogP contribution in [0.2, 0.25) is 0 Å². The maximum Gasteiger partial charge on any atom is 0.419 e. The third-order valence-corrected chi connectivity index (χ3v) is 5.22. The van der Waals surface area contributed by atoms with Crippen molar-refractivity contribution >= 4 is 17.6 Å². The highest BCUT2D eigenvalue weighted by Crippen LogP contribution is 2.35. The predicted molar refractivity (Wildman–Crippen MR) is 127 cm³/mol. The van der Waals surface area contributed by atoms with E-state index < -0.39 is 11.9 Å². The second kappa shape index (κ2) is 10.1. The second-order valence-electron chi connectivity index (χ2n) is 7.73. The molecule has 0 radical (unpaired) electrons. The number of Topliss-reactive ketones (excluding diaryl/α,β-unsaturated/α-hetero) is 1. The molecule has 0 aliphatic heterocycles. The van der Waals surface area contributed by atoms with Crippen LogP contribution >= 0.6 is 0 Å². The molecule has 0 aliphatic carbocycles. The van der Waals surface area contributed by atoms with Crippen LogP contribution in [0.3, 0.4) is 0 Å². The molecule has 0 unspecified atom stereocenters. The fourth-order valence-electron chi connectivity index (χ4n) is 3.45. The van der Waals surface area contributed by atoms with Crippen molar-refractivity contribution in [2.45, 2.75) is 20.3 Å². The molecule has 33 heavy (non-hydrogen) atoms. The number of ether oxygens (including phenoxy) is 2. The summed E-state index contributed by atoms with van der Waals surface area (Å²) in [4.78, 5) is 25.2. The fraction of sp³-hybridized carbons (Fsp3) is 0.185. The number of methoxy groups -OCH3 is 1. The van der Waals surface area contributed by atoms with Gasteiger partial charge < -0.3 is 9.47 Å². The van der Waals surface area contributed by atoms with Crippen LogP contribution in [0.4, 0.5) is 14.9 Å². The molecule has 0 N–H and O–H groups in total. The fourth-order valence-corrected chi connectivity index (χ4v) is 3.45. The molecule has 3 aromatic rings. The van der Waals surface area contributed by atoms with Crippen molar-refractivity contribution in [3.8, 4) is 16.9 Å². The summed E-state index contributed by atoms with van der Waals surface area (Å²) in [5.41, 5.74) is 3.39. The van der Waals surface area contributed by atoms with Crippen molar-refractivity contribution in [1.29, 1.82) is 0 Å². The van der Waals surface area contributed by atoms with Crippen molar-refractivity contribution in [2.75, 3.05) is 19.1 Å². The maximum atomic E-state index is 15.6. The van der Waals surface area contributed by atoms with Crippen molar-refractivity contribution in [3.63, 3.8) is 0 Å². The first kappa shape index (κ1) is 23.7. The van der Waals surface area contributed by atoms with E-state index in [1.807, 2.05) is 12.1 Å². The van der Waals surface area contributed by atoms with E-state index in [9.17, 15) is 9.59 Å². The number of benzene rings is 3. The minimum absolute atomic E-state index is 0.0930. The average molecular weight is 448 g/mol. The number of rotatable bonds is 7. The molecular weight excluding hydrogens is 421 g/mol. The van der Waals surface area contributed by atoms with E-state index in [0.717, 1.165) is 5.56 Å².